The topological polar surface area (TPSA) is 60.2 Å². The molecule has 0 saturated heterocycles. The predicted octanol–water partition coefficient (Wildman–Crippen LogP) is 1.88. The van der Waals surface area contributed by atoms with E-state index < -0.39 is 0 Å². The number of nitrogens with zero attached hydrogens (tertiary/aromatic N) is 1. The van der Waals surface area contributed by atoms with E-state index in [2.05, 4.69) is 17.2 Å². The molecule has 1 aliphatic rings. The summed E-state index contributed by atoms with van der Waals surface area (Å²) in [7, 11) is 1.61. The monoisotopic (exact) mass is 207 g/mol. The first-order valence-electron chi connectivity index (χ1n) is 5.31. The molecule has 3 N–H and O–H groups in total. The fourth-order valence-corrected chi connectivity index (χ4v) is 1.73. The Bertz CT molecular complexity index is 354. The molecule has 2 unspecified atom stereocenters. The molecule has 82 valence electrons. The zero-order valence-electron chi connectivity index (χ0n) is 9.16. The van der Waals surface area contributed by atoms with Crippen molar-refractivity contribution in [3.8, 4) is 5.88 Å². The average molecular weight is 207 g/mol. The summed E-state index contributed by atoms with van der Waals surface area (Å²) >= 11 is 0. The van der Waals surface area contributed by atoms with E-state index in [1.54, 1.807) is 13.2 Å². The number of nitrogens with one attached hydrogen (secondary N) is 1. The van der Waals surface area contributed by atoms with Crippen LogP contribution in [-0.4, -0.2) is 18.1 Å². The van der Waals surface area contributed by atoms with Gasteiger partial charge in [-0.25, -0.2) is 0 Å². The summed E-state index contributed by atoms with van der Waals surface area (Å²) in [6.07, 6.45) is 2.43. The molecule has 1 saturated carbocycles. The SMILES string of the molecule is CCC1CC1Nc1nc(OC)ccc1N. The van der Waals surface area contributed by atoms with Crippen molar-refractivity contribution < 1.29 is 4.74 Å². The summed E-state index contributed by atoms with van der Waals surface area (Å²) in [4.78, 5) is 4.28. The van der Waals surface area contributed by atoms with Crippen LogP contribution in [0.2, 0.25) is 0 Å². The van der Waals surface area contributed by atoms with Crippen LogP contribution >= 0.6 is 0 Å². The Hall–Kier alpha value is -1.45. The lowest BCUT2D eigenvalue weighted by atomic mass is 10.3. The van der Waals surface area contributed by atoms with E-state index in [0.717, 1.165) is 11.7 Å². The van der Waals surface area contributed by atoms with Crippen LogP contribution in [0.15, 0.2) is 12.1 Å². The second-order valence-corrected chi connectivity index (χ2v) is 3.95. The molecule has 0 radical (unpaired) electrons. The van der Waals surface area contributed by atoms with E-state index in [1.165, 1.54) is 12.8 Å². The molecular weight excluding hydrogens is 190 g/mol. The van der Waals surface area contributed by atoms with Gasteiger partial charge >= 0.3 is 0 Å². The summed E-state index contributed by atoms with van der Waals surface area (Å²) in [5.41, 5.74) is 6.50. The number of hydrogen-bond acceptors (Lipinski definition) is 4. The van der Waals surface area contributed by atoms with Gasteiger partial charge in [-0.15, -0.1) is 0 Å². The smallest absolute Gasteiger partial charge is 0.215 e. The second kappa shape index (κ2) is 3.96. The number of anilines is 2. The third-order valence-corrected chi connectivity index (χ3v) is 2.88. The van der Waals surface area contributed by atoms with Gasteiger partial charge in [0.1, 0.15) is 0 Å². The number of aromatic nitrogens is 1. The highest BCUT2D eigenvalue weighted by Gasteiger charge is 2.35. The van der Waals surface area contributed by atoms with Gasteiger partial charge in [-0.05, 0) is 18.4 Å². The first-order valence-corrected chi connectivity index (χ1v) is 5.31. The van der Waals surface area contributed by atoms with Gasteiger partial charge in [-0.2, -0.15) is 4.98 Å². The van der Waals surface area contributed by atoms with Crippen LogP contribution < -0.4 is 15.8 Å². The van der Waals surface area contributed by atoms with Crippen LogP contribution in [0.4, 0.5) is 11.5 Å². The molecule has 1 aliphatic carbocycles. The molecule has 0 bridgehead atoms. The van der Waals surface area contributed by atoms with Gasteiger partial charge in [0.05, 0.1) is 12.8 Å². The zero-order valence-corrected chi connectivity index (χ0v) is 9.16. The fraction of sp³-hybridized carbons (Fsp3) is 0.545. The molecule has 2 atom stereocenters. The Morgan fingerprint density at radius 1 is 1.60 bits per heavy atom. The molecule has 2 rings (SSSR count). The lowest BCUT2D eigenvalue weighted by Crippen LogP contribution is -2.08. The summed E-state index contributed by atoms with van der Waals surface area (Å²) < 4.78 is 5.06. The molecule has 1 fully saturated rings. The van der Waals surface area contributed by atoms with Crippen molar-refractivity contribution >= 4 is 11.5 Å². The van der Waals surface area contributed by atoms with Gasteiger partial charge in [0.15, 0.2) is 5.82 Å². The molecule has 1 aromatic rings. The van der Waals surface area contributed by atoms with Gasteiger partial charge in [0, 0.05) is 12.1 Å². The van der Waals surface area contributed by atoms with Crippen molar-refractivity contribution in [2.45, 2.75) is 25.8 Å². The van der Waals surface area contributed by atoms with Crippen molar-refractivity contribution in [3.63, 3.8) is 0 Å². The highest BCUT2D eigenvalue weighted by Crippen LogP contribution is 2.37. The van der Waals surface area contributed by atoms with Gasteiger partial charge in [0.2, 0.25) is 5.88 Å². The molecule has 1 aromatic heterocycles. The van der Waals surface area contributed by atoms with Crippen LogP contribution in [0.25, 0.3) is 0 Å². The molecule has 1 heterocycles. The summed E-state index contributed by atoms with van der Waals surface area (Å²) in [6, 6.07) is 4.12. The summed E-state index contributed by atoms with van der Waals surface area (Å²) in [5.74, 6) is 2.12. The van der Waals surface area contributed by atoms with E-state index in [0.29, 0.717) is 17.6 Å². The van der Waals surface area contributed by atoms with Crippen molar-refractivity contribution in [2.24, 2.45) is 5.92 Å². The number of nitrogens with two attached hydrogens (primary N) is 1. The van der Waals surface area contributed by atoms with Gasteiger partial charge in [-0.3, -0.25) is 0 Å². The van der Waals surface area contributed by atoms with Crippen molar-refractivity contribution in [1.29, 1.82) is 0 Å². The Morgan fingerprint density at radius 2 is 2.40 bits per heavy atom. The molecule has 0 spiro atoms. The molecule has 4 heteroatoms. The van der Waals surface area contributed by atoms with E-state index in [1.807, 2.05) is 6.07 Å². The van der Waals surface area contributed by atoms with E-state index in [9.17, 15) is 0 Å². The molecule has 0 aromatic carbocycles. The quantitative estimate of drug-likeness (QED) is 0.791. The van der Waals surface area contributed by atoms with Crippen LogP contribution in [0.5, 0.6) is 5.88 Å². The minimum atomic E-state index is 0.539. The van der Waals surface area contributed by atoms with Crippen LogP contribution in [0.1, 0.15) is 19.8 Å². The number of nitrogen functional groups attached to an aromatic ring is 1. The lowest BCUT2D eigenvalue weighted by molar-refractivity contribution is 0.398. The largest absolute Gasteiger partial charge is 0.481 e. The number of rotatable bonds is 4. The van der Waals surface area contributed by atoms with Gasteiger partial charge in [-0.1, -0.05) is 13.3 Å². The standard InChI is InChI=1S/C11H17N3O/c1-3-7-6-9(7)13-11-8(12)4-5-10(14-11)15-2/h4-5,7,9H,3,6,12H2,1-2H3,(H,13,14). The van der Waals surface area contributed by atoms with Crippen LogP contribution in [0.3, 0.4) is 0 Å². The first-order chi connectivity index (χ1) is 7.24. The van der Waals surface area contributed by atoms with Crippen LogP contribution in [0, 0.1) is 5.92 Å². The van der Waals surface area contributed by atoms with Gasteiger partial charge < -0.3 is 15.8 Å². The minimum absolute atomic E-state index is 0.539. The maximum Gasteiger partial charge on any atom is 0.215 e. The van der Waals surface area contributed by atoms with E-state index in [-0.39, 0.29) is 0 Å². The minimum Gasteiger partial charge on any atom is -0.481 e. The van der Waals surface area contributed by atoms with Gasteiger partial charge in [0.25, 0.3) is 0 Å². The number of methoxy groups -OCH3 is 1. The van der Waals surface area contributed by atoms with E-state index in [4.69, 9.17) is 10.5 Å². The molecule has 4 nitrogen and oxygen atoms in total. The zero-order chi connectivity index (χ0) is 10.8. The number of ether oxygens (including phenoxy) is 1. The number of pyridine rings is 1. The molecular formula is C11H17N3O. The maximum atomic E-state index is 5.83. The first kappa shape index (κ1) is 10.1. The summed E-state index contributed by atoms with van der Waals surface area (Å²) in [6.45, 7) is 2.20. The number of hydrogen-bond donors (Lipinski definition) is 2. The Morgan fingerprint density at radius 3 is 3.00 bits per heavy atom. The normalized spacial score (nSPS) is 23.6. The average Bonchev–Trinajstić information content (AvgIpc) is 3.00. The predicted molar refractivity (Wildman–Crippen MR) is 61.0 cm³/mol. The highest BCUT2D eigenvalue weighted by atomic mass is 16.5. The Balaban J connectivity index is 2.07. The fourth-order valence-electron chi connectivity index (χ4n) is 1.73. The molecule has 0 aliphatic heterocycles. The maximum absolute atomic E-state index is 5.83. The Labute approximate surface area is 89.8 Å². The third-order valence-electron chi connectivity index (χ3n) is 2.88. The van der Waals surface area contributed by atoms with Crippen molar-refractivity contribution in [1.82, 2.24) is 4.98 Å². The van der Waals surface area contributed by atoms with Crippen molar-refractivity contribution in [3.05, 3.63) is 12.1 Å². The Kier molecular flexibility index (Phi) is 2.66. The van der Waals surface area contributed by atoms with Crippen molar-refractivity contribution in [2.75, 3.05) is 18.2 Å². The van der Waals surface area contributed by atoms with E-state index >= 15 is 0 Å². The molecule has 15 heavy (non-hydrogen) atoms. The lowest BCUT2D eigenvalue weighted by Gasteiger charge is -2.09. The second-order valence-electron chi connectivity index (χ2n) is 3.95. The summed E-state index contributed by atoms with van der Waals surface area (Å²) in [5, 5.41) is 3.34. The third kappa shape index (κ3) is 2.14. The highest BCUT2D eigenvalue weighted by molar-refractivity contribution is 5.62. The molecule has 0 amide bonds. The van der Waals surface area contributed by atoms with Crippen LogP contribution in [-0.2, 0) is 0 Å².